The van der Waals surface area contributed by atoms with Crippen molar-refractivity contribution in [2.24, 2.45) is 0 Å². The molecule has 5 heteroatoms. The van der Waals surface area contributed by atoms with Gasteiger partial charge >= 0.3 is 6.03 Å². The number of fused-ring (bicyclic) bond motifs is 1. The van der Waals surface area contributed by atoms with Gasteiger partial charge in [0, 0.05) is 38.0 Å². The second-order valence-corrected chi connectivity index (χ2v) is 7.08. The lowest BCUT2D eigenvalue weighted by Gasteiger charge is -2.27. The molecule has 2 aromatic rings. The molecule has 3 atom stereocenters. The predicted molar refractivity (Wildman–Crippen MR) is 99.8 cm³/mol. The lowest BCUT2D eigenvalue weighted by molar-refractivity contribution is 0.142. The fourth-order valence-corrected chi connectivity index (χ4v) is 4.48. The molecule has 0 spiro atoms. The van der Waals surface area contributed by atoms with E-state index in [2.05, 4.69) is 28.1 Å². The average Bonchev–Trinajstić information content (AvgIpc) is 3.22. The second kappa shape index (κ2) is 7.46. The highest BCUT2D eigenvalue weighted by molar-refractivity contribution is 5.78. The van der Waals surface area contributed by atoms with Crippen LogP contribution in [0.2, 0.25) is 0 Å². The molecule has 5 nitrogen and oxygen atoms in total. The molecule has 26 heavy (non-hydrogen) atoms. The topological polar surface area (TPSA) is 45.7 Å². The molecule has 0 radical (unpaired) electrons. The number of pyridine rings is 1. The summed E-state index contributed by atoms with van der Waals surface area (Å²) in [5, 5.41) is 0. The number of amides is 2. The predicted octanol–water partition coefficient (Wildman–Crippen LogP) is 3.28. The van der Waals surface area contributed by atoms with E-state index in [4.69, 9.17) is 4.74 Å². The fraction of sp³-hybridized carbons (Fsp3) is 0.429. The van der Waals surface area contributed by atoms with Crippen molar-refractivity contribution >= 4 is 6.03 Å². The highest BCUT2D eigenvalue weighted by atomic mass is 16.5. The number of ether oxygens (including phenoxy) is 1. The third kappa shape index (κ3) is 3.07. The summed E-state index contributed by atoms with van der Waals surface area (Å²) in [7, 11) is 1.69. The quantitative estimate of drug-likeness (QED) is 0.802. The molecule has 2 aliphatic rings. The van der Waals surface area contributed by atoms with Crippen molar-refractivity contribution < 1.29 is 9.53 Å². The van der Waals surface area contributed by atoms with E-state index < -0.39 is 0 Å². The summed E-state index contributed by atoms with van der Waals surface area (Å²) < 4.78 is 5.24. The Balaban J connectivity index is 1.64. The number of rotatable bonds is 6. The van der Waals surface area contributed by atoms with Crippen LogP contribution in [0.1, 0.15) is 30.0 Å². The molecule has 0 unspecified atom stereocenters. The first-order chi connectivity index (χ1) is 12.8. The summed E-state index contributed by atoms with van der Waals surface area (Å²) in [5.74, 6) is 0.293. The van der Waals surface area contributed by atoms with Crippen molar-refractivity contribution in [1.82, 2.24) is 14.8 Å². The maximum Gasteiger partial charge on any atom is 0.321 e. The molecular formula is C21H25N3O2. The van der Waals surface area contributed by atoms with Crippen LogP contribution in [0.4, 0.5) is 4.79 Å². The summed E-state index contributed by atoms with van der Waals surface area (Å²) in [6, 6.07) is 16.9. The molecular weight excluding hydrogens is 326 g/mol. The Kier molecular flexibility index (Phi) is 4.89. The van der Waals surface area contributed by atoms with Gasteiger partial charge in [0.05, 0.1) is 18.7 Å². The van der Waals surface area contributed by atoms with Crippen molar-refractivity contribution in [1.29, 1.82) is 0 Å². The first-order valence-corrected chi connectivity index (χ1v) is 9.30. The zero-order chi connectivity index (χ0) is 17.9. The van der Waals surface area contributed by atoms with Crippen molar-refractivity contribution in [3.05, 3.63) is 66.0 Å². The van der Waals surface area contributed by atoms with Crippen molar-refractivity contribution in [2.75, 3.05) is 20.3 Å². The van der Waals surface area contributed by atoms with Crippen LogP contribution < -0.4 is 0 Å². The molecule has 1 aromatic carbocycles. The van der Waals surface area contributed by atoms with Gasteiger partial charge in [0.2, 0.25) is 0 Å². The van der Waals surface area contributed by atoms with Gasteiger partial charge in [-0.3, -0.25) is 4.98 Å². The van der Waals surface area contributed by atoms with Gasteiger partial charge in [-0.25, -0.2) is 4.79 Å². The molecule has 2 amide bonds. The molecule has 2 fully saturated rings. The first-order valence-electron chi connectivity index (χ1n) is 9.30. The van der Waals surface area contributed by atoms with Gasteiger partial charge in [-0.1, -0.05) is 36.4 Å². The third-order valence-electron chi connectivity index (χ3n) is 5.63. The normalized spacial score (nSPS) is 25.0. The number of carbonyl (C=O) groups excluding carboxylic acids is 1. The minimum Gasteiger partial charge on any atom is -0.383 e. The fourth-order valence-electron chi connectivity index (χ4n) is 4.48. The van der Waals surface area contributed by atoms with Crippen LogP contribution in [-0.2, 0) is 11.3 Å². The maximum atomic E-state index is 13.2. The van der Waals surface area contributed by atoms with Gasteiger partial charge in [0.25, 0.3) is 0 Å². The van der Waals surface area contributed by atoms with E-state index in [1.54, 1.807) is 7.11 Å². The van der Waals surface area contributed by atoms with E-state index in [-0.39, 0.29) is 18.1 Å². The summed E-state index contributed by atoms with van der Waals surface area (Å²) in [4.78, 5) is 21.8. The molecule has 1 saturated heterocycles. The van der Waals surface area contributed by atoms with Crippen LogP contribution in [0, 0.1) is 0 Å². The monoisotopic (exact) mass is 351 g/mol. The van der Waals surface area contributed by atoms with Crippen LogP contribution in [0.3, 0.4) is 0 Å². The minimum atomic E-state index is 0.126. The van der Waals surface area contributed by atoms with Gasteiger partial charge in [-0.15, -0.1) is 0 Å². The first kappa shape index (κ1) is 17.0. The van der Waals surface area contributed by atoms with Gasteiger partial charge < -0.3 is 14.5 Å². The molecule has 1 aliphatic carbocycles. The van der Waals surface area contributed by atoms with E-state index in [0.717, 1.165) is 18.5 Å². The molecule has 2 heterocycles. The summed E-state index contributed by atoms with van der Waals surface area (Å²) in [6.07, 6.45) is 3.94. The number of aromatic nitrogens is 1. The summed E-state index contributed by atoms with van der Waals surface area (Å²) >= 11 is 0. The Morgan fingerprint density at radius 3 is 2.62 bits per heavy atom. The number of urea groups is 1. The van der Waals surface area contributed by atoms with Crippen LogP contribution in [0.5, 0.6) is 0 Å². The summed E-state index contributed by atoms with van der Waals surface area (Å²) in [6.45, 7) is 1.87. The number of nitrogens with zero attached hydrogens (tertiary/aromatic N) is 3. The van der Waals surface area contributed by atoms with E-state index >= 15 is 0 Å². The molecule has 1 aromatic heterocycles. The Hall–Kier alpha value is -2.40. The SMILES string of the molecule is COCCN1C(=O)N(Cc2ccccc2)[C@@H]2[C@H](c3ccccn3)CC[C@@H]21. The largest absolute Gasteiger partial charge is 0.383 e. The molecule has 0 N–H and O–H groups in total. The Morgan fingerprint density at radius 1 is 1.08 bits per heavy atom. The second-order valence-electron chi connectivity index (χ2n) is 7.08. The highest BCUT2D eigenvalue weighted by Crippen LogP contribution is 2.44. The highest BCUT2D eigenvalue weighted by Gasteiger charge is 2.52. The van der Waals surface area contributed by atoms with Crippen LogP contribution in [0.15, 0.2) is 54.7 Å². The van der Waals surface area contributed by atoms with E-state index in [9.17, 15) is 4.79 Å². The zero-order valence-electron chi connectivity index (χ0n) is 15.1. The van der Waals surface area contributed by atoms with Crippen LogP contribution in [0.25, 0.3) is 0 Å². The molecule has 4 rings (SSSR count). The number of methoxy groups -OCH3 is 1. The van der Waals surface area contributed by atoms with Crippen molar-refractivity contribution in [2.45, 2.75) is 37.4 Å². The Morgan fingerprint density at radius 2 is 1.88 bits per heavy atom. The van der Waals surface area contributed by atoms with E-state index in [1.165, 1.54) is 5.56 Å². The van der Waals surface area contributed by atoms with Gasteiger partial charge in [-0.05, 0) is 30.5 Å². The molecule has 1 saturated carbocycles. The zero-order valence-corrected chi connectivity index (χ0v) is 15.1. The number of benzene rings is 1. The molecule has 136 valence electrons. The molecule has 1 aliphatic heterocycles. The van der Waals surface area contributed by atoms with Crippen LogP contribution >= 0.6 is 0 Å². The lowest BCUT2D eigenvalue weighted by Crippen LogP contribution is -2.37. The van der Waals surface area contributed by atoms with Crippen LogP contribution in [-0.4, -0.2) is 53.2 Å². The number of hydrogen-bond donors (Lipinski definition) is 0. The van der Waals surface area contributed by atoms with E-state index in [0.29, 0.717) is 25.6 Å². The average molecular weight is 351 g/mol. The van der Waals surface area contributed by atoms with Crippen molar-refractivity contribution in [3.8, 4) is 0 Å². The summed E-state index contributed by atoms with van der Waals surface area (Å²) in [5.41, 5.74) is 2.26. The van der Waals surface area contributed by atoms with Gasteiger partial charge in [0.1, 0.15) is 0 Å². The lowest BCUT2D eigenvalue weighted by atomic mass is 9.96. The Labute approximate surface area is 154 Å². The standard InChI is InChI=1S/C21H25N3O2/c1-26-14-13-23-19-11-10-17(18-9-5-6-12-22-18)20(19)24(21(23)25)15-16-7-3-2-4-8-16/h2-9,12,17,19-20H,10-11,13-15H2,1H3/t17-,19-,20+/m0/s1. The minimum absolute atomic E-state index is 0.126. The Bertz CT molecular complexity index is 737. The van der Waals surface area contributed by atoms with Gasteiger partial charge in [0.15, 0.2) is 0 Å². The maximum absolute atomic E-state index is 13.2. The third-order valence-corrected chi connectivity index (χ3v) is 5.63. The number of carbonyl (C=O) groups is 1. The van der Waals surface area contributed by atoms with Gasteiger partial charge in [-0.2, -0.15) is 0 Å². The molecule has 0 bridgehead atoms. The van der Waals surface area contributed by atoms with Crippen molar-refractivity contribution in [3.63, 3.8) is 0 Å². The number of hydrogen-bond acceptors (Lipinski definition) is 3. The van der Waals surface area contributed by atoms with E-state index in [1.807, 2.05) is 41.4 Å². The smallest absolute Gasteiger partial charge is 0.321 e.